The minimum atomic E-state index is -0.0686. The van der Waals surface area contributed by atoms with Crippen LogP contribution in [-0.2, 0) is 6.54 Å². The number of aromatic nitrogens is 4. The fraction of sp³-hybridized carbons (Fsp3) is 0.308. The normalized spacial score (nSPS) is 12.2. The third kappa shape index (κ3) is 5.19. The lowest BCUT2D eigenvalue weighted by Crippen LogP contribution is -2.25. The summed E-state index contributed by atoms with van der Waals surface area (Å²) in [5.74, 6) is 2.86. The average molecular weight is 444 g/mol. The van der Waals surface area contributed by atoms with Crippen LogP contribution in [0.3, 0.4) is 0 Å². The molecule has 0 aliphatic rings. The maximum Gasteiger partial charge on any atom is 0.261 e. The van der Waals surface area contributed by atoms with E-state index < -0.39 is 0 Å². The Balaban J connectivity index is 1.56. The quantitative estimate of drug-likeness (QED) is 0.441. The summed E-state index contributed by atoms with van der Waals surface area (Å²) in [6.45, 7) is 10.1. The number of nitrogens with one attached hydrogen (secondary N) is 1. The number of fused-ring (bicyclic) bond motifs is 1. The molecule has 170 valence electrons. The van der Waals surface area contributed by atoms with Gasteiger partial charge in [-0.15, -0.1) is 0 Å². The lowest BCUT2D eigenvalue weighted by molar-refractivity contribution is 0.242. The van der Waals surface area contributed by atoms with Gasteiger partial charge in [-0.1, -0.05) is 24.3 Å². The van der Waals surface area contributed by atoms with Crippen LogP contribution in [0.25, 0.3) is 10.9 Å². The number of para-hydroxylation sites is 1. The molecule has 0 aliphatic carbocycles. The highest BCUT2D eigenvalue weighted by molar-refractivity contribution is 5.77. The second kappa shape index (κ2) is 9.40. The molecule has 2 heterocycles. The van der Waals surface area contributed by atoms with E-state index >= 15 is 0 Å². The van der Waals surface area contributed by atoms with Gasteiger partial charge >= 0.3 is 0 Å². The number of hydrogen-bond acceptors (Lipinski definition) is 6. The first-order chi connectivity index (χ1) is 15.8. The lowest BCUT2D eigenvalue weighted by atomic mass is 10.1. The molecule has 7 nitrogen and oxygen atoms in total. The standard InChI is InChI=1S/C26H29N5O2/c1-16(2)33-22-12-10-20(11-13-22)17(3)27-25-14-21(28-18(4)29-25)15-31-19(5)30-24-9-7-6-8-23(24)26(31)32/h6-14,16-17H,15H2,1-5H3,(H,27,28,29)/t17-/m0/s1. The first kappa shape index (κ1) is 22.5. The predicted octanol–water partition coefficient (Wildman–Crippen LogP) is 4.81. The third-order valence-corrected chi connectivity index (χ3v) is 5.38. The van der Waals surface area contributed by atoms with E-state index in [0.29, 0.717) is 34.9 Å². The van der Waals surface area contributed by atoms with Gasteiger partial charge < -0.3 is 10.1 Å². The van der Waals surface area contributed by atoms with E-state index in [0.717, 1.165) is 17.0 Å². The van der Waals surface area contributed by atoms with Gasteiger partial charge in [0.05, 0.1) is 29.2 Å². The van der Waals surface area contributed by atoms with E-state index in [1.54, 1.807) is 10.6 Å². The molecule has 4 rings (SSSR count). The van der Waals surface area contributed by atoms with Crippen molar-refractivity contribution in [3.8, 4) is 5.75 Å². The summed E-state index contributed by atoms with van der Waals surface area (Å²) in [4.78, 5) is 26.7. The molecule has 0 saturated heterocycles. The van der Waals surface area contributed by atoms with Crippen molar-refractivity contribution >= 4 is 16.7 Å². The van der Waals surface area contributed by atoms with E-state index in [1.807, 2.05) is 76.2 Å². The van der Waals surface area contributed by atoms with Crippen molar-refractivity contribution in [1.29, 1.82) is 0 Å². The Labute approximate surface area is 193 Å². The van der Waals surface area contributed by atoms with E-state index in [9.17, 15) is 4.79 Å². The van der Waals surface area contributed by atoms with Gasteiger partial charge in [-0.3, -0.25) is 9.36 Å². The molecule has 0 bridgehead atoms. The smallest absolute Gasteiger partial charge is 0.261 e. The van der Waals surface area contributed by atoms with Crippen LogP contribution >= 0.6 is 0 Å². The number of benzene rings is 2. The maximum absolute atomic E-state index is 13.0. The van der Waals surface area contributed by atoms with Gasteiger partial charge in [0, 0.05) is 12.1 Å². The number of nitrogens with zero attached hydrogens (tertiary/aromatic N) is 4. The zero-order valence-electron chi connectivity index (χ0n) is 19.7. The van der Waals surface area contributed by atoms with Gasteiger partial charge in [0.15, 0.2) is 0 Å². The number of rotatable bonds is 7. The van der Waals surface area contributed by atoms with Gasteiger partial charge in [0.2, 0.25) is 0 Å². The van der Waals surface area contributed by atoms with Crippen LogP contribution < -0.4 is 15.6 Å². The molecule has 0 amide bonds. The van der Waals surface area contributed by atoms with Gasteiger partial charge in [-0.2, -0.15) is 0 Å². The first-order valence-corrected chi connectivity index (χ1v) is 11.1. The highest BCUT2D eigenvalue weighted by Crippen LogP contribution is 2.22. The van der Waals surface area contributed by atoms with E-state index in [1.165, 1.54) is 0 Å². The molecule has 33 heavy (non-hydrogen) atoms. The molecule has 0 radical (unpaired) electrons. The second-order valence-electron chi connectivity index (χ2n) is 8.46. The molecular weight excluding hydrogens is 414 g/mol. The van der Waals surface area contributed by atoms with E-state index in [4.69, 9.17) is 4.74 Å². The van der Waals surface area contributed by atoms with Crippen molar-refractivity contribution in [1.82, 2.24) is 19.5 Å². The fourth-order valence-corrected chi connectivity index (χ4v) is 3.82. The van der Waals surface area contributed by atoms with Crippen LogP contribution in [0.4, 0.5) is 5.82 Å². The summed E-state index contributed by atoms with van der Waals surface area (Å²) < 4.78 is 7.38. The van der Waals surface area contributed by atoms with Crippen molar-refractivity contribution in [2.24, 2.45) is 0 Å². The molecular formula is C26H29N5O2. The molecule has 0 spiro atoms. The van der Waals surface area contributed by atoms with Crippen LogP contribution in [0.2, 0.25) is 0 Å². The number of aryl methyl sites for hydroxylation is 2. The van der Waals surface area contributed by atoms with Gasteiger partial charge in [-0.05, 0) is 64.4 Å². The Morgan fingerprint density at radius 1 is 0.970 bits per heavy atom. The fourth-order valence-electron chi connectivity index (χ4n) is 3.82. The van der Waals surface area contributed by atoms with Gasteiger partial charge in [-0.25, -0.2) is 15.0 Å². The molecule has 0 unspecified atom stereocenters. The van der Waals surface area contributed by atoms with Crippen LogP contribution in [0.1, 0.15) is 49.7 Å². The minimum absolute atomic E-state index is 0.0343. The minimum Gasteiger partial charge on any atom is -0.491 e. The monoisotopic (exact) mass is 443 g/mol. The zero-order valence-corrected chi connectivity index (χ0v) is 19.7. The number of anilines is 1. The Morgan fingerprint density at radius 3 is 2.42 bits per heavy atom. The average Bonchev–Trinajstić information content (AvgIpc) is 2.76. The number of ether oxygens (including phenoxy) is 1. The van der Waals surface area contributed by atoms with E-state index in [-0.39, 0.29) is 17.7 Å². The predicted molar refractivity (Wildman–Crippen MR) is 131 cm³/mol. The Bertz CT molecular complexity index is 1330. The van der Waals surface area contributed by atoms with Crippen molar-refractivity contribution in [3.05, 3.63) is 87.9 Å². The Morgan fingerprint density at radius 2 is 1.70 bits per heavy atom. The van der Waals surface area contributed by atoms with Crippen molar-refractivity contribution in [3.63, 3.8) is 0 Å². The summed E-state index contributed by atoms with van der Waals surface area (Å²) in [6.07, 6.45) is 0.141. The zero-order chi connectivity index (χ0) is 23.5. The highest BCUT2D eigenvalue weighted by atomic mass is 16.5. The Hall–Kier alpha value is -3.74. The molecule has 0 fully saturated rings. The summed E-state index contributed by atoms with van der Waals surface area (Å²) >= 11 is 0. The SMILES string of the molecule is Cc1nc(Cn2c(C)nc3ccccc3c2=O)cc(N[C@@H](C)c2ccc(OC(C)C)cc2)n1. The van der Waals surface area contributed by atoms with Crippen LogP contribution in [-0.4, -0.2) is 25.6 Å². The lowest BCUT2D eigenvalue weighted by Gasteiger charge is -2.17. The van der Waals surface area contributed by atoms with Crippen molar-refractivity contribution in [2.45, 2.75) is 53.3 Å². The van der Waals surface area contributed by atoms with Gasteiger partial charge in [0.1, 0.15) is 23.2 Å². The summed E-state index contributed by atoms with van der Waals surface area (Å²) in [6, 6.07) is 17.4. The number of hydrogen-bond donors (Lipinski definition) is 1. The summed E-state index contributed by atoms with van der Waals surface area (Å²) in [5.41, 5.74) is 2.51. The molecule has 0 aliphatic heterocycles. The molecule has 4 aromatic rings. The van der Waals surface area contributed by atoms with Crippen molar-refractivity contribution in [2.75, 3.05) is 5.32 Å². The molecule has 1 N–H and O–H groups in total. The largest absolute Gasteiger partial charge is 0.491 e. The topological polar surface area (TPSA) is 81.9 Å². The highest BCUT2D eigenvalue weighted by Gasteiger charge is 2.12. The van der Waals surface area contributed by atoms with Crippen LogP contribution in [0.5, 0.6) is 5.75 Å². The van der Waals surface area contributed by atoms with Crippen LogP contribution in [0.15, 0.2) is 59.4 Å². The first-order valence-electron chi connectivity index (χ1n) is 11.1. The third-order valence-electron chi connectivity index (χ3n) is 5.38. The molecule has 7 heteroatoms. The molecule has 2 aromatic heterocycles. The summed E-state index contributed by atoms with van der Waals surface area (Å²) in [5, 5.41) is 4.05. The van der Waals surface area contributed by atoms with Crippen molar-refractivity contribution < 1.29 is 4.74 Å². The second-order valence-corrected chi connectivity index (χ2v) is 8.46. The van der Waals surface area contributed by atoms with E-state index in [2.05, 4.69) is 27.2 Å². The Kier molecular flexibility index (Phi) is 6.40. The maximum atomic E-state index is 13.0. The molecule has 0 saturated carbocycles. The molecule has 2 aromatic carbocycles. The van der Waals surface area contributed by atoms with Gasteiger partial charge in [0.25, 0.3) is 5.56 Å². The summed E-state index contributed by atoms with van der Waals surface area (Å²) in [7, 11) is 0. The van der Waals surface area contributed by atoms with Crippen LogP contribution in [0, 0.1) is 13.8 Å². The molecule has 1 atom stereocenters.